The van der Waals surface area contributed by atoms with Crippen molar-refractivity contribution in [3.63, 3.8) is 0 Å². The van der Waals surface area contributed by atoms with E-state index in [9.17, 15) is 14.0 Å². The van der Waals surface area contributed by atoms with Gasteiger partial charge in [0, 0.05) is 25.0 Å². The van der Waals surface area contributed by atoms with Crippen LogP contribution in [0.5, 0.6) is 0 Å². The standard InChI is InChI=1S/C15H13FN2O3/c1-17-6-7-18(15(21)14(17)20)10-12-4-5-13(16)9-11(12)3-2-8-19/h4-7,9,19H,8,10H2,1H3. The van der Waals surface area contributed by atoms with Gasteiger partial charge in [-0.15, -0.1) is 0 Å². The highest BCUT2D eigenvalue weighted by atomic mass is 19.1. The second kappa shape index (κ2) is 6.20. The van der Waals surface area contributed by atoms with Crippen LogP contribution in [-0.4, -0.2) is 20.8 Å². The van der Waals surface area contributed by atoms with Gasteiger partial charge < -0.3 is 14.2 Å². The van der Waals surface area contributed by atoms with Gasteiger partial charge in [0.2, 0.25) is 0 Å². The lowest BCUT2D eigenvalue weighted by Gasteiger charge is -2.08. The van der Waals surface area contributed by atoms with Crippen LogP contribution in [-0.2, 0) is 13.6 Å². The van der Waals surface area contributed by atoms with Crippen LogP contribution in [0.2, 0.25) is 0 Å². The van der Waals surface area contributed by atoms with E-state index in [0.717, 1.165) is 0 Å². The molecule has 1 aromatic carbocycles. The van der Waals surface area contributed by atoms with Gasteiger partial charge in [-0.2, -0.15) is 0 Å². The third kappa shape index (κ3) is 3.27. The molecule has 1 heterocycles. The molecule has 5 nitrogen and oxygen atoms in total. The first-order valence-corrected chi connectivity index (χ1v) is 6.17. The van der Waals surface area contributed by atoms with E-state index in [2.05, 4.69) is 11.8 Å². The van der Waals surface area contributed by atoms with Gasteiger partial charge in [0.25, 0.3) is 0 Å². The van der Waals surface area contributed by atoms with Crippen LogP contribution in [0.15, 0.2) is 40.2 Å². The molecule has 0 bridgehead atoms. The maximum Gasteiger partial charge on any atom is 0.316 e. The first-order valence-electron chi connectivity index (χ1n) is 6.17. The predicted octanol–water partition coefficient (Wildman–Crippen LogP) is 0.0782. The summed E-state index contributed by atoms with van der Waals surface area (Å²) < 4.78 is 15.7. The monoisotopic (exact) mass is 288 g/mol. The van der Waals surface area contributed by atoms with Crippen LogP contribution in [0, 0.1) is 17.7 Å². The van der Waals surface area contributed by atoms with E-state index >= 15 is 0 Å². The molecule has 0 amide bonds. The summed E-state index contributed by atoms with van der Waals surface area (Å²) in [5, 5.41) is 8.72. The average Bonchev–Trinajstić information content (AvgIpc) is 2.47. The number of aliphatic hydroxyl groups excluding tert-OH is 1. The van der Waals surface area contributed by atoms with Crippen molar-refractivity contribution in [3.8, 4) is 11.8 Å². The SMILES string of the molecule is Cn1ccn(Cc2ccc(F)cc2C#CCO)c(=O)c1=O. The quantitative estimate of drug-likeness (QED) is 0.628. The van der Waals surface area contributed by atoms with Crippen LogP contribution in [0.25, 0.3) is 0 Å². The molecule has 1 aromatic heterocycles. The number of aliphatic hydroxyl groups is 1. The van der Waals surface area contributed by atoms with E-state index in [1.165, 1.54) is 46.8 Å². The molecule has 2 aromatic rings. The molecule has 108 valence electrons. The molecule has 2 rings (SSSR count). The first-order chi connectivity index (χ1) is 10.0. The number of nitrogens with zero attached hydrogens (tertiary/aromatic N) is 2. The number of hydrogen-bond acceptors (Lipinski definition) is 3. The zero-order chi connectivity index (χ0) is 15.4. The molecular weight excluding hydrogens is 275 g/mol. The molecule has 1 N–H and O–H groups in total. The van der Waals surface area contributed by atoms with Crippen molar-refractivity contribution >= 4 is 0 Å². The molecular formula is C15H13FN2O3. The molecule has 0 aliphatic rings. The molecule has 6 heteroatoms. The van der Waals surface area contributed by atoms with Gasteiger partial charge in [-0.1, -0.05) is 17.9 Å². The maximum atomic E-state index is 13.3. The number of aryl methyl sites for hydroxylation is 1. The molecule has 0 radical (unpaired) electrons. The minimum absolute atomic E-state index is 0.102. The Balaban J connectivity index is 2.47. The second-order valence-electron chi connectivity index (χ2n) is 4.41. The number of halogens is 1. The summed E-state index contributed by atoms with van der Waals surface area (Å²) in [7, 11) is 1.49. The van der Waals surface area contributed by atoms with Crippen molar-refractivity contribution in [2.45, 2.75) is 6.54 Å². The minimum Gasteiger partial charge on any atom is -0.384 e. The smallest absolute Gasteiger partial charge is 0.316 e. The van der Waals surface area contributed by atoms with Gasteiger partial charge in [-0.05, 0) is 17.7 Å². The van der Waals surface area contributed by atoms with Crippen LogP contribution in [0.4, 0.5) is 4.39 Å². The zero-order valence-corrected chi connectivity index (χ0v) is 11.3. The molecule has 0 fully saturated rings. The van der Waals surface area contributed by atoms with Crippen LogP contribution < -0.4 is 11.1 Å². The van der Waals surface area contributed by atoms with E-state index in [1.54, 1.807) is 0 Å². The van der Waals surface area contributed by atoms with Gasteiger partial charge in [0.05, 0.1) is 6.54 Å². The topological polar surface area (TPSA) is 64.2 Å². The van der Waals surface area contributed by atoms with Gasteiger partial charge >= 0.3 is 11.1 Å². The average molecular weight is 288 g/mol. The molecule has 0 saturated heterocycles. The maximum absolute atomic E-state index is 13.3. The van der Waals surface area contributed by atoms with Crippen molar-refractivity contribution in [3.05, 3.63) is 68.2 Å². The highest BCUT2D eigenvalue weighted by molar-refractivity contribution is 5.42. The summed E-state index contributed by atoms with van der Waals surface area (Å²) in [6, 6.07) is 3.98. The largest absolute Gasteiger partial charge is 0.384 e. The van der Waals surface area contributed by atoms with Crippen molar-refractivity contribution in [2.24, 2.45) is 7.05 Å². The Morgan fingerprint density at radius 2 is 2.00 bits per heavy atom. The number of rotatable bonds is 2. The Kier molecular flexibility index (Phi) is 4.36. The Hall–Kier alpha value is -2.65. The molecule has 0 spiro atoms. The lowest BCUT2D eigenvalue weighted by molar-refractivity contribution is 0.350. The molecule has 21 heavy (non-hydrogen) atoms. The highest BCUT2D eigenvalue weighted by Crippen LogP contribution is 2.11. The molecule has 0 aliphatic carbocycles. The number of hydrogen-bond donors (Lipinski definition) is 1. The van der Waals surface area contributed by atoms with Crippen molar-refractivity contribution in [1.29, 1.82) is 0 Å². The van der Waals surface area contributed by atoms with Crippen molar-refractivity contribution in [1.82, 2.24) is 9.13 Å². The minimum atomic E-state index is -0.662. The number of benzene rings is 1. The Morgan fingerprint density at radius 1 is 1.24 bits per heavy atom. The van der Waals surface area contributed by atoms with E-state index < -0.39 is 16.9 Å². The fraction of sp³-hybridized carbons (Fsp3) is 0.200. The Labute approximate surface area is 119 Å². The predicted molar refractivity (Wildman–Crippen MR) is 75.4 cm³/mol. The van der Waals surface area contributed by atoms with Crippen molar-refractivity contribution in [2.75, 3.05) is 6.61 Å². The summed E-state index contributed by atoms with van der Waals surface area (Å²) in [6.45, 7) is -0.244. The third-order valence-electron chi connectivity index (χ3n) is 2.95. The number of aromatic nitrogens is 2. The van der Waals surface area contributed by atoms with Crippen LogP contribution in [0.3, 0.4) is 0 Å². The van der Waals surface area contributed by atoms with E-state index in [-0.39, 0.29) is 13.2 Å². The fourth-order valence-electron chi connectivity index (χ4n) is 1.84. The lowest BCUT2D eigenvalue weighted by Crippen LogP contribution is -2.39. The molecule has 0 saturated carbocycles. The van der Waals surface area contributed by atoms with Gasteiger partial charge in [0.15, 0.2) is 0 Å². The first kappa shape index (κ1) is 14.8. The second-order valence-corrected chi connectivity index (χ2v) is 4.41. The highest BCUT2D eigenvalue weighted by Gasteiger charge is 2.07. The van der Waals surface area contributed by atoms with Gasteiger partial charge in [0.1, 0.15) is 12.4 Å². The van der Waals surface area contributed by atoms with E-state index in [0.29, 0.717) is 11.1 Å². The summed E-state index contributed by atoms with van der Waals surface area (Å²) in [4.78, 5) is 23.5. The van der Waals surface area contributed by atoms with Gasteiger partial charge in [-0.3, -0.25) is 9.59 Å². The zero-order valence-electron chi connectivity index (χ0n) is 11.3. The Bertz CT molecular complexity index is 840. The van der Waals surface area contributed by atoms with Crippen molar-refractivity contribution < 1.29 is 9.50 Å². The molecule has 0 aliphatic heterocycles. The fourth-order valence-corrected chi connectivity index (χ4v) is 1.84. The molecule has 0 unspecified atom stereocenters. The van der Waals surface area contributed by atoms with Gasteiger partial charge in [-0.25, -0.2) is 4.39 Å². The normalized spacial score (nSPS) is 10.0. The summed E-state index contributed by atoms with van der Waals surface area (Å²) in [5.41, 5.74) is -0.336. The lowest BCUT2D eigenvalue weighted by atomic mass is 10.1. The Morgan fingerprint density at radius 3 is 2.71 bits per heavy atom. The van der Waals surface area contributed by atoms with E-state index in [1.807, 2.05) is 0 Å². The summed E-state index contributed by atoms with van der Waals surface area (Å²) in [6.07, 6.45) is 2.96. The van der Waals surface area contributed by atoms with Crippen LogP contribution in [0.1, 0.15) is 11.1 Å². The summed E-state index contributed by atoms with van der Waals surface area (Å²) in [5.74, 6) is 4.61. The van der Waals surface area contributed by atoms with Crippen LogP contribution >= 0.6 is 0 Å². The third-order valence-corrected chi connectivity index (χ3v) is 2.95. The summed E-state index contributed by atoms with van der Waals surface area (Å²) >= 11 is 0. The molecule has 0 atom stereocenters. The van der Waals surface area contributed by atoms with E-state index in [4.69, 9.17) is 5.11 Å².